The van der Waals surface area contributed by atoms with E-state index < -0.39 is 5.97 Å². The molecule has 0 bridgehead atoms. The molecule has 2 N–H and O–H groups in total. The molecule has 0 aromatic rings. The second-order valence-corrected chi connectivity index (χ2v) is 2.03. The van der Waals surface area contributed by atoms with Crippen molar-refractivity contribution >= 4 is 26.6 Å². The molecule has 0 fully saturated rings. The molecular formula is C3H4NO2Se. The van der Waals surface area contributed by atoms with Gasteiger partial charge in [0.05, 0.1) is 0 Å². The third-order valence-corrected chi connectivity index (χ3v) is 0.615. The van der Waals surface area contributed by atoms with Crippen molar-refractivity contribution in [2.75, 3.05) is 0 Å². The first kappa shape index (κ1) is 6.66. The molecule has 0 rings (SSSR count). The maximum atomic E-state index is 9.65. The van der Waals surface area contributed by atoms with Crippen molar-refractivity contribution in [2.45, 2.75) is 6.42 Å². The third-order valence-electron chi connectivity index (χ3n) is 0.312. The van der Waals surface area contributed by atoms with E-state index in [0.29, 0.717) is 0 Å². The quantitative estimate of drug-likeness (QED) is 0.432. The van der Waals surface area contributed by atoms with Gasteiger partial charge in [-0.05, 0) is 0 Å². The van der Waals surface area contributed by atoms with Gasteiger partial charge < -0.3 is 0 Å². The monoisotopic (exact) mass is 166 g/mol. The third kappa shape index (κ3) is 5.66. The zero-order chi connectivity index (χ0) is 5.86. The van der Waals surface area contributed by atoms with Crippen LogP contribution < -0.4 is 0 Å². The van der Waals surface area contributed by atoms with E-state index in [2.05, 4.69) is 16.0 Å². The van der Waals surface area contributed by atoms with Crippen LogP contribution in [0.25, 0.3) is 0 Å². The molecule has 0 aromatic heterocycles. The van der Waals surface area contributed by atoms with E-state index in [1.165, 1.54) is 0 Å². The van der Waals surface area contributed by atoms with E-state index >= 15 is 0 Å². The fourth-order valence-corrected chi connectivity index (χ4v) is 0.396. The van der Waals surface area contributed by atoms with Crippen LogP contribution in [0.1, 0.15) is 6.42 Å². The first-order valence-corrected chi connectivity index (χ1v) is 2.45. The number of hydrogen-bond donors (Lipinski definition) is 2. The van der Waals surface area contributed by atoms with Gasteiger partial charge in [-0.1, -0.05) is 0 Å². The summed E-state index contributed by atoms with van der Waals surface area (Å²) in [6.07, 6.45) is -0.194. The number of carbonyl (C=O) groups is 1. The van der Waals surface area contributed by atoms with E-state index in [1.807, 2.05) is 0 Å². The fourth-order valence-electron chi connectivity index (χ4n) is 0.137. The predicted molar refractivity (Wildman–Crippen MR) is 25.7 cm³/mol. The Bertz CT molecular complexity index is 89.1. The molecule has 0 saturated carbocycles. The van der Waals surface area contributed by atoms with Gasteiger partial charge in [0.25, 0.3) is 0 Å². The van der Waals surface area contributed by atoms with Crippen LogP contribution in [0.2, 0.25) is 0 Å². The van der Waals surface area contributed by atoms with Gasteiger partial charge in [0.1, 0.15) is 0 Å². The van der Waals surface area contributed by atoms with Crippen LogP contribution in [0, 0.1) is 5.41 Å². The molecule has 0 aromatic carbocycles. The first-order chi connectivity index (χ1) is 3.13. The van der Waals surface area contributed by atoms with Crippen molar-refractivity contribution in [3.05, 3.63) is 0 Å². The summed E-state index contributed by atoms with van der Waals surface area (Å²) in [7, 11) is 0. The number of rotatable bonds is 2. The summed E-state index contributed by atoms with van der Waals surface area (Å²) in [4.78, 5) is 9.65. The molecule has 0 amide bonds. The van der Waals surface area contributed by atoms with Crippen LogP contribution >= 0.6 is 0 Å². The zero-order valence-electron chi connectivity index (χ0n) is 3.47. The molecule has 0 heterocycles. The number of carboxylic acids is 1. The second kappa shape index (κ2) is 2.77. The van der Waals surface area contributed by atoms with Gasteiger partial charge in [-0.3, -0.25) is 0 Å². The molecule has 0 aliphatic heterocycles. The molecule has 1 radical (unpaired) electrons. The minimum atomic E-state index is -0.969. The number of hydrogen-bond acceptors (Lipinski definition) is 2. The molecule has 0 saturated heterocycles. The molecule has 4 heteroatoms. The van der Waals surface area contributed by atoms with Crippen molar-refractivity contribution in [2.24, 2.45) is 0 Å². The standard InChI is InChI=1S/C3H4NO2Se/c4-2(7)1-3(5)6/h4H,1H2,(H,5,6). The Morgan fingerprint density at radius 2 is 2.29 bits per heavy atom. The van der Waals surface area contributed by atoms with E-state index in [-0.39, 0.29) is 11.0 Å². The van der Waals surface area contributed by atoms with Crippen LogP contribution in [-0.4, -0.2) is 31.7 Å². The Morgan fingerprint density at radius 3 is 2.29 bits per heavy atom. The summed E-state index contributed by atoms with van der Waals surface area (Å²) in [5.41, 5.74) is 0. The van der Waals surface area contributed by atoms with E-state index in [1.54, 1.807) is 0 Å². The van der Waals surface area contributed by atoms with E-state index in [0.717, 1.165) is 0 Å². The minimum absolute atomic E-state index is 0.0625. The van der Waals surface area contributed by atoms with Gasteiger partial charge in [0.15, 0.2) is 0 Å². The van der Waals surface area contributed by atoms with E-state index in [4.69, 9.17) is 10.5 Å². The Labute approximate surface area is 49.0 Å². The van der Waals surface area contributed by atoms with E-state index in [9.17, 15) is 4.79 Å². The van der Waals surface area contributed by atoms with Crippen molar-refractivity contribution in [1.82, 2.24) is 0 Å². The van der Waals surface area contributed by atoms with Crippen molar-refractivity contribution in [3.63, 3.8) is 0 Å². The molecule has 0 atom stereocenters. The van der Waals surface area contributed by atoms with Crippen LogP contribution in [0.15, 0.2) is 0 Å². The average Bonchev–Trinajstić information content (AvgIpc) is 1.27. The molecule has 7 heavy (non-hydrogen) atoms. The summed E-state index contributed by atoms with van der Waals surface area (Å²) in [5.74, 6) is -0.969. The fraction of sp³-hybridized carbons (Fsp3) is 0.333. The topological polar surface area (TPSA) is 61.2 Å². The van der Waals surface area contributed by atoms with Crippen molar-refractivity contribution < 1.29 is 9.90 Å². The van der Waals surface area contributed by atoms with Gasteiger partial charge in [-0.25, -0.2) is 0 Å². The van der Waals surface area contributed by atoms with Crippen LogP contribution in [0.5, 0.6) is 0 Å². The number of carboxylic acid groups (broad SMARTS) is 1. The molecule has 0 aliphatic carbocycles. The van der Waals surface area contributed by atoms with Crippen molar-refractivity contribution in [3.8, 4) is 0 Å². The SMILES string of the molecule is N=C([Se])CC(=O)O. The molecule has 0 unspecified atom stereocenters. The Balaban J connectivity index is 3.32. The molecule has 3 nitrogen and oxygen atoms in total. The Hall–Kier alpha value is -0.341. The zero-order valence-corrected chi connectivity index (χ0v) is 5.18. The Morgan fingerprint density at radius 1 is 1.86 bits per heavy atom. The van der Waals surface area contributed by atoms with Crippen molar-refractivity contribution in [1.29, 1.82) is 5.41 Å². The second-order valence-electron chi connectivity index (χ2n) is 0.994. The number of aliphatic carboxylic acids is 1. The summed E-state index contributed by atoms with van der Waals surface area (Å²) in [6.45, 7) is 0. The molecule has 0 spiro atoms. The van der Waals surface area contributed by atoms with Gasteiger partial charge >= 0.3 is 48.3 Å². The van der Waals surface area contributed by atoms with Crippen LogP contribution in [-0.2, 0) is 4.79 Å². The first-order valence-electron chi connectivity index (χ1n) is 1.59. The van der Waals surface area contributed by atoms with Gasteiger partial charge in [-0.15, -0.1) is 0 Å². The van der Waals surface area contributed by atoms with Gasteiger partial charge in [0, 0.05) is 0 Å². The average molecular weight is 165 g/mol. The maximum absolute atomic E-state index is 9.65. The summed E-state index contributed by atoms with van der Waals surface area (Å²) in [5, 5.41) is 14.5. The summed E-state index contributed by atoms with van der Waals surface area (Å²) in [6, 6.07) is 0. The number of nitrogens with one attached hydrogen (secondary N) is 1. The molecule has 39 valence electrons. The summed E-state index contributed by atoms with van der Waals surface area (Å²) < 4.78 is 0.0625. The predicted octanol–water partition coefficient (Wildman–Crippen LogP) is -0.393. The molecular weight excluding hydrogens is 161 g/mol. The van der Waals surface area contributed by atoms with Gasteiger partial charge in [-0.2, -0.15) is 0 Å². The normalized spacial score (nSPS) is 8.00. The van der Waals surface area contributed by atoms with Crippen LogP contribution in [0.4, 0.5) is 0 Å². The summed E-state index contributed by atoms with van der Waals surface area (Å²) >= 11 is 2.27. The van der Waals surface area contributed by atoms with Gasteiger partial charge in [0.2, 0.25) is 0 Å². The Kier molecular flexibility index (Phi) is 2.64. The molecule has 0 aliphatic rings. The van der Waals surface area contributed by atoms with Crippen LogP contribution in [0.3, 0.4) is 0 Å².